The van der Waals surface area contributed by atoms with E-state index >= 15 is 0 Å². The van der Waals surface area contributed by atoms with Crippen LogP contribution < -0.4 is 0 Å². The maximum Gasteiger partial charge on any atom is 0.152 e. The van der Waals surface area contributed by atoms with Gasteiger partial charge in [0.2, 0.25) is 0 Å². The van der Waals surface area contributed by atoms with E-state index in [4.69, 9.17) is 0 Å². The van der Waals surface area contributed by atoms with Gasteiger partial charge in [-0.15, -0.1) is 11.3 Å². The van der Waals surface area contributed by atoms with Crippen LogP contribution in [0.5, 0.6) is 0 Å². The summed E-state index contributed by atoms with van der Waals surface area (Å²) in [4.78, 5) is 10.1. The Morgan fingerprint density at radius 1 is 1.46 bits per heavy atom. The van der Waals surface area contributed by atoms with Crippen LogP contribution in [0.4, 0.5) is 0 Å². The predicted octanol–water partition coefficient (Wildman–Crippen LogP) is 0.691. The van der Waals surface area contributed by atoms with Crippen molar-refractivity contribution in [1.29, 1.82) is 0 Å². The average molecular weight is 196 g/mol. The van der Waals surface area contributed by atoms with Gasteiger partial charge in [0.15, 0.2) is 5.51 Å². The molecule has 0 saturated carbocycles. The van der Waals surface area contributed by atoms with E-state index in [1.54, 1.807) is 11.3 Å². The topological polar surface area (TPSA) is 19.4 Å². The van der Waals surface area contributed by atoms with Crippen molar-refractivity contribution in [1.82, 2.24) is 14.8 Å². The summed E-state index contributed by atoms with van der Waals surface area (Å²) in [5, 5.41) is 0. The molecule has 0 aliphatic carbocycles. The molecule has 0 atom stereocenters. The highest BCUT2D eigenvalue weighted by Gasteiger charge is 2.13. The molecule has 0 spiro atoms. The van der Waals surface area contributed by atoms with Crippen molar-refractivity contribution in [3.05, 3.63) is 16.6 Å². The first-order valence-corrected chi connectivity index (χ1v) is 5.38. The van der Waals surface area contributed by atoms with Crippen molar-refractivity contribution >= 4 is 11.3 Å². The second-order valence-electron chi connectivity index (χ2n) is 3.50. The Morgan fingerprint density at radius 2 is 2.23 bits per heavy atom. The molecule has 0 unspecified atom stereocenters. The number of hydrogen-bond acceptors (Lipinski definition) is 4. The normalized spacial score (nSPS) is 20.7. The molecular weight excluding hydrogens is 182 g/mol. The Kier molecular flexibility index (Phi) is 2.93. The molecule has 2 rings (SSSR count). The molecule has 1 aliphatic rings. The maximum atomic E-state index is 3.96. The third-order valence-electron chi connectivity index (χ3n) is 2.41. The fourth-order valence-corrected chi connectivity index (χ4v) is 2.08. The first-order valence-electron chi connectivity index (χ1n) is 4.56. The first kappa shape index (κ1) is 9.12. The molecule has 0 N–H and O–H groups in total. The lowest BCUT2D eigenvalue weighted by Crippen LogP contribution is -2.43. The zero-order valence-electron chi connectivity index (χ0n) is 7.86. The summed E-state index contributed by atoms with van der Waals surface area (Å²) in [5.74, 6) is 0. The van der Waals surface area contributed by atoms with Crippen LogP contribution in [0.2, 0.25) is 0 Å². The van der Waals surface area contributed by atoms with Crippen LogP contribution in [0.1, 0.15) is 4.88 Å². The number of nitrogens with zero attached hydrogens (tertiary/aromatic N) is 3. The minimum Gasteiger partial charge on any atom is -0.304 e. The van der Waals surface area contributed by atoms with E-state index in [0.29, 0.717) is 0 Å². The summed E-state index contributed by atoms with van der Waals surface area (Å²) in [5.41, 5.74) is 2.88. The largest absolute Gasteiger partial charge is 0.304 e. The fraction of sp³-hybridized carbons (Fsp3) is 0.667. The van der Waals surface area contributed by atoms with Crippen LogP contribution in [0.3, 0.4) is 0 Å². The van der Waals surface area contributed by atoms with Crippen LogP contribution in [0, 0.1) is 5.51 Å². The molecule has 1 fully saturated rings. The van der Waals surface area contributed by atoms with Crippen molar-refractivity contribution in [2.75, 3.05) is 33.2 Å². The average Bonchev–Trinajstić information content (AvgIpc) is 2.62. The van der Waals surface area contributed by atoms with E-state index < -0.39 is 0 Å². The summed E-state index contributed by atoms with van der Waals surface area (Å²) in [6.07, 6.45) is 1.92. The smallest absolute Gasteiger partial charge is 0.152 e. The van der Waals surface area contributed by atoms with Crippen molar-refractivity contribution < 1.29 is 0 Å². The number of hydrogen-bond donors (Lipinski definition) is 0. The minimum atomic E-state index is 1.05. The number of aromatic nitrogens is 1. The van der Waals surface area contributed by atoms with Crippen molar-refractivity contribution in [2.45, 2.75) is 6.54 Å². The molecule has 3 nitrogen and oxygen atoms in total. The van der Waals surface area contributed by atoms with Gasteiger partial charge in [-0.05, 0) is 7.05 Å². The van der Waals surface area contributed by atoms with Crippen LogP contribution in [0.25, 0.3) is 0 Å². The van der Waals surface area contributed by atoms with Gasteiger partial charge in [0.1, 0.15) is 0 Å². The zero-order valence-corrected chi connectivity index (χ0v) is 8.68. The molecule has 1 aliphatic heterocycles. The van der Waals surface area contributed by atoms with Gasteiger partial charge in [0.05, 0.1) is 0 Å². The van der Waals surface area contributed by atoms with Gasteiger partial charge in [-0.3, -0.25) is 4.90 Å². The SMILES string of the molecule is CN1CCN(Cc2cn[c]s2)CC1. The quantitative estimate of drug-likeness (QED) is 0.694. The highest BCUT2D eigenvalue weighted by atomic mass is 32.1. The van der Waals surface area contributed by atoms with Crippen molar-refractivity contribution in [3.63, 3.8) is 0 Å². The second kappa shape index (κ2) is 4.17. The van der Waals surface area contributed by atoms with E-state index in [-0.39, 0.29) is 0 Å². The van der Waals surface area contributed by atoms with Gasteiger partial charge >= 0.3 is 0 Å². The number of rotatable bonds is 2. The van der Waals surface area contributed by atoms with Gasteiger partial charge in [0, 0.05) is 43.8 Å². The molecule has 0 amide bonds. The molecule has 4 heteroatoms. The van der Waals surface area contributed by atoms with Crippen LogP contribution in [0.15, 0.2) is 6.20 Å². The van der Waals surface area contributed by atoms with Crippen molar-refractivity contribution in [2.24, 2.45) is 0 Å². The Balaban J connectivity index is 1.83. The molecule has 1 saturated heterocycles. The van der Waals surface area contributed by atoms with E-state index in [2.05, 4.69) is 27.3 Å². The van der Waals surface area contributed by atoms with Gasteiger partial charge in [-0.2, -0.15) is 0 Å². The minimum absolute atomic E-state index is 1.05. The van der Waals surface area contributed by atoms with Gasteiger partial charge in [-0.25, -0.2) is 4.98 Å². The van der Waals surface area contributed by atoms with E-state index in [1.807, 2.05) is 6.20 Å². The first-order chi connectivity index (χ1) is 6.34. The number of piperazine rings is 1. The molecule has 71 valence electrons. The molecule has 2 heterocycles. The maximum absolute atomic E-state index is 3.96. The third kappa shape index (κ3) is 2.49. The number of likely N-dealkylation sites (N-methyl/N-ethyl adjacent to an activating group) is 1. The highest BCUT2D eigenvalue weighted by Crippen LogP contribution is 2.10. The van der Waals surface area contributed by atoms with E-state index in [1.165, 1.54) is 31.1 Å². The van der Waals surface area contributed by atoms with E-state index in [0.717, 1.165) is 6.54 Å². The fourth-order valence-electron chi connectivity index (χ4n) is 1.51. The van der Waals surface area contributed by atoms with Crippen LogP contribution >= 0.6 is 11.3 Å². The number of thiazole rings is 1. The molecule has 13 heavy (non-hydrogen) atoms. The van der Waals surface area contributed by atoms with Gasteiger partial charge in [0.25, 0.3) is 0 Å². The molecule has 1 radical (unpaired) electrons. The summed E-state index contributed by atoms with van der Waals surface area (Å²) in [6.45, 7) is 5.77. The van der Waals surface area contributed by atoms with E-state index in [9.17, 15) is 0 Å². The van der Waals surface area contributed by atoms with Crippen LogP contribution in [-0.4, -0.2) is 48.0 Å². The Labute approximate surface area is 83.0 Å². The highest BCUT2D eigenvalue weighted by molar-refractivity contribution is 7.09. The Hall–Kier alpha value is -0.450. The summed E-state index contributed by atoms with van der Waals surface area (Å²) in [7, 11) is 2.18. The molecule has 1 aromatic rings. The second-order valence-corrected chi connectivity index (χ2v) is 4.41. The lowest BCUT2D eigenvalue weighted by atomic mass is 10.3. The molecular formula is C9H14N3S. The van der Waals surface area contributed by atoms with Crippen LogP contribution in [-0.2, 0) is 6.54 Å². The standard InChI is InChI=1S/C9H14N3S/c1-11-2-4-12(5-3-11)7-9-6-10-8-13-9/h6H,2-5,7H2,1H3. The summed E-state index contributed by atoms with van der Waals surface area (Å²) >= 11 is 1.63. The molecule has 1 aromatic heterocycles. The monoisotopic (exact) mass is 196 g/mol. The van der Waals surface area contributed by atoms with Crippen molar-refractivity contribution in [3.8, 4) is 0 Å². The zero-order chi connectivity index (χ0) is 9.10. The predicted molar refractivity (Wildman–Crippen MR) is 53.7 cm³/mol. The Bertz CT molecular complexity index is 239. The molecule has 0 aromatic carbocycles. The lowest BCUT2D eigenvalue weighted by Gasteiger charge is -2.31. The summed E-state index contributed by atoms with van der Waals surface area (Å²) in [6, 6.07) is 0. The molecule has 0 bridgehead atoms. The third-order valence-corrected chi connectivity index (χ3v) is 3.11. The van der Waals surface area contributed by atoms with Gasteiger partial charge < -0.3 is 4.90 Å². The summed E-state index contributed by atoms with van der Waals surface area (Å²) < 4.78 is 0. The lowest BCUT2D eigenvalue weighted by molar-refractivity contribution is 0.149. The Morgan fingerprint density at radius 3 is 2.85 bits per heavy atom. The van der Waals surface area contributed by atoms with Gasteiger partial charge in [-0.1, -0.05) is 0 Å².